The highest BCUT2D eigenvalue weighted by atomic mass is 16.6. The molecule has 2 N–H and O–H groups in total. The number of nitrogens with one attached hydrogen (secondary N) is 1. The van der Waals surface area contributed by atoms with Gasteiger partial charge in [0.1, 0.15) is 18.8 Å². The Morgan fingerprint density at radius 3 is 2.62 bits per heavy atom. The quantitative estimate of drug-likeness (QED) is 0.328. The number of hydrogen-bond acceptors (Lipinski definition) is 6. The highest BCUT2D eigenvalue weighted by molar-refractivity contribution is 5.93. The topological polar surface area (TPSA) is 102 Å². The minimum atomic E-state index is -0.853. The van der Waals surface area contributed by atoms with E-state index in [0.29, 0.717) is 18.3 Å². The van der Waals surface area contributed by atoms with Crippen LogP contribution in [0.15, 0.2) is 59.7 Å². The van der Waals surface area contributed by atoms with Crippen molar-refractivity contribution in [2.45, 2.75) is 89.9 Å². The molecule has 1 amide bonds. The molecule has 2 saturated carbocycles. The molecule has 40 heavy (non-hydrogen) atoms. The molecule has 4 aliphatic carbocycles. The zero-order valence-electron chi connectivity index (χ0n) is 23.8. The van der Waals surface area contributed by atoms with E-state index in [9.17, 15) is 19.5 Å². The number of hydrogen-bond donors (Lipinski definition) is 2. The molecule has 7 atom stereocenters. The third-order valence-corrected chi connectivity index (χ3v) is 9.80. The Morgan fingerprint density at radius 2 is 1.90 bits per heavy atom. The molecule has 7 heteroatoms. The Labute approximate surface area is 236 Å². The van der Waals surface area contributed by atoms with Crippen LogP contribution in [-0.2, 0) is 19.1 Å². The van der Waals surface area contributed by atoms with Gasteiger partial charge >= 0.3 is 12.1 Å². The van der Waals surface area contributed by atoms with Gasteiger partial charge in [0.15, 0.2) is 5.78 Å². The maximum Gasteiger partial charge on any atom is 0.408 e. The first-order valence-corrected chi connectivity index (χ1v) is 14.6. The molecule has 5 rings (SSSR count). The normalized spacial score (nSPS) is 30.7. The van der Waals surface area contributed by atoms with Crippen LogP contribution < -0.4 is 5.32 Å². The zero-order valence-corrected chi connectivity index (χ0v) is 23.8. The Hall–Kier alpha value is -3.19. The van der Waals surface area contributed by atoms with E-state index in [0.717, 1.165) is 44.1 Å². The van der Waals surface area contributed by atoms with Crippen molar-refractivity contribution in [1.29, 1.82) is 0 Å². The lowest BCUT2D eigenvalue weighted by atomic mass is 9.53. The van der Waals surface area contributed by atoms with E-state index in [-0.39, 0.29) is 29.8 Å². The number of alkyl carbamates (subject to hydrolysis) is 1. The highest BCUT2D eigenvalue weighted by Gasteiger charge is 2.56. The first kappa shape index (κ1) is 28.3. The van der Waals surface area contributed by atoms with Gasteiger partial charge in [0.05, 0.1) is 6.10 Å². The van der Waals surface area contributed by atoms with Gasteiger partial charge in [0.2, 0.25) is 0 Å². The Balaban J connectivity index is 1.37. The molecule has 0 aromatic heterocycles. The summed E-state index contributed by atoms with van der Waals surface area (Å²) in [4.78, 5) is 36.5. The third kappa shape index (κ3) is 5.28. The van der Waals surface area contributed by atoms with Crippen molar-refractivity contribution in [3.05, 3.63) is 70.8 Å². The number of ketones is 1. The van der Waals surface area contributed by atoms with Crippen LogP contribution in [0.2, 0.25) is 0 Å². The fourth-order valence-electron chi connectivity index (χ4n) is 7.69. The van der Waals surface area contributed by atoms with Gasteiger partial charge in [-0.1, -0.05) is 49.4 Å². The molecule has 7 nitrogen and oxygen atoms in total. The number of amides is 1. The molecule has 0 bridgehead atoms. The van der Waals surface area contributed by atoms with E-state index >= 15 is 0 Å². The number of allylic oxidation sites excluding steroid dienone is 4. The van der Waals surface area contributed by atoms with Gasteiger partial charge in [-0.15, -0.1) is 0 Å². The van der Waals surface area contributed by atoms with Crippen molar-refractivity contribution >= 4 is 17.8 Å². The largest absolute Gasteiger partial charge is 0.456 e. The van der Waals surface area contributed by atoms with E-state index in [4.69, 9.17) is 9.47 Å². The summed E-state index contributed by atoms with van der Waals surface area (Å²) in [7, 11) is 0. The molecular weight excluding hydrogens is 506 g/mol. The predicted molar refractivity (Wildman–Crippen MR) is 151 cm³/mol. The monoisotopic (exact) mass is 547 g/mol. The number of benzene rings is 1. The summed E-state index contributed by atoms with van der Waals surface area (Å²) in [6.45, 7) is 9.20. The average molecular weight is 548 g/mol. The van der Waals surface area contributed by atoms with Crippen LogP contribution >= 0.6 is 0 Å². The van der Waals surface area contributed by atoms with Crippen LogP contribution in [0.25, 0.3) is 0 Å². The second kappa shape index (κ2) is 11.4. The zero-order chi connectivity index (χ0) is 28.6. The van der Waals surface area contributed by atoms with Gasteiger partial charge in [0, 0.05) is 12.3 Å². The highest BCUT2D eigenvalue weighted by Crippen LogP contribution is 2.63. The number of fused-ring (bicyclic) bond motifs is 4. The van der Waals surface area contributed by atoms with Crippen molar-refractivity contribution in [3.8, 4) is 0 Å². The molecule has 214 valence electrons. The van der Waals surface area contributed by atoms with Crippen molar-refractivity contribution in [2.24, 2.45) is 17.3 Å². The van der Waals surface area contributed by atoms with Gasteiger partial charge < -0.3 is 19.9 Å². The lowest BCUT2D eigenvalue weighted by molar-refractivity contribution is -0.150. The van der Waals surface area contributed by atoms with Crippen molar-refractivity contribution in [1.82, 2.24) is 5.32 Å². The molecule has 0 radical (unpaired) electrons. The summed E-state index contributed by atoms with van der Waals surface area (Å²) in [5, 5.41) is 13.6. The molecule has 1 aromatic rings. The number of rotatable bonds is 7. The van der Waals surface area contributed by atoms with Crippen LogP contribution in [0.1, 0.15) is 88.9 Å². The first-order chi connectivity index (χ1) is 19.1. The van der Waals surface area contributed by atoms with Crippen molar-refractivity contribution in [3.63, 3.8) is 0 Å². The van der Waals surface area contributed by atoms with E-state index in [1.807, 2.05) is 25.1 Å². The van der Waals surface area contributed by atoms with Crippen LogP contribution in [0.5, 0.6) is 0 Å². The summed E-state index contributed by atoms with van der Waals surface area (Å²) < 4.78 is 10.5. The molecule has 1 aromatic carbocycles. The number of carbonyl (C=O) groups is 3. The molecule has 5 unspecified atom stereocenters. The van der Waals surface area contributed by atoms with Crippen LogP contribution in [-0.4, -0.2) is 41.7 Å². The Morgan fingerprint density at radius 1 is 1.15 bits per heavy atom. The van der Waals surface area contributed by atoms with Gasteiger partial charge in [-0.2, -0.15) is 0 Å². The van der Waals surface area contributed by atoms with Gasteiger partial charge in [0.25, 0.3) is 0 Å². The maximum atomic E-state index is 12.6. The summed E-state index contributed by atoms with van der Waals surface area (Å²) in [6, 6.07) is 7.41. The van der Waals surface area contributed by atoms with Crippen LogP contribution in [0.3, 0.4) is 0 Å². The second-order valence-corrected chi connectivity index (χ2v) is 12.2. The SMILES string of the molecule is C=CCOC(=O)N[C@@H](C)C(=O)OC(C)c1ccc([C@H]2CC3(C)C(O)CCC3C3CCC4=CC(=O)CCC4=C32)cc1. The van der Waals surface area contributed by atoms with Crippen LogP contribution in [0, 0.1) is 17.3 Å². The molecule has 2 fully saturated rings. The first-order valence-electron chi connectivity index (χ1n) is 14.6. The van der Waals surface area contributed by atoms with Gasteiger partial charge in [-0.3, -0.25) is 4.79 Å². The lowest BCUT2D eigenvalue weighted by Gasteiger charge is -2.52. The number of aliphatic hydroxyl groups excluding tert-OH is 1. The van der Waals surface area contributed by atoms with E-state index in [1.54, 1.807) is 6.92 Å². The van der Waals surface area contributed by atoms with E-state index in [1.165, 1.54) is 28.4 Å². The number of esters is 1. The second-order valence-electron chi connectivity index (χ2n) is 12.2. The maximum absolute atomic E-state index is 12.6. The fourth-order valence-corrected chi connectivity index (χ4v) is 7.69. The Bertz CT molecular complexity index is 1250. The molecule has 0 aliphatic heterocycles. The molecular formula is C33H41NO6. The van der Waals surface area contributed by atoms with Crippen LogP contribution in [0.4, 0.5) is 4.79 Å². The average Bonchev–Trinajstić information content (AvgIpc) is 3.24. The third-order valence-electron chi connectivity index (χ3n) is 9.80. The minimum absolute atomic E-state index is 0.0605. The summed E-state index contributed by atoms with van der Waals surface area (Å²) in [5.74, 6) is 0.787. The molecule has 0 saturated heterocycles. The van der Waals surface area contributed by atoms with Crippen molar-refractivity contribution < 1.29 is 29.0 Å². The summed E-state index contributed by atoms with van der Waals surface area (Å²) in [6.07, 6.45) is 8.04. The van der Waals surface area contributed by atoms with Gasteiger partial charge in [-0.25, -0.2) is 9.59 Å². The summed E-state index contributed by atoms with van der Waals surface area (Å²) >= 11 is 0. The van der Waals surface area contributed by atoms with E-state index in [2.05, 4.69) is 31.0 Å². The molecule has 0 heterocycles. The van der Waals surface area contributed by atoms with Crippen molar-refractivity contribution in [2.75, 3.05) is 6.61 Å². The minimum Gasteiger partial charge on any atom is -0.456 e. The predicted octanol–water partition coefficient (Wildman–Crippen LogP) is 5.85. The molecule has 4 aliphatic rings. The van der Waals surface area contributed by atoms with E-state index < -0.39 is 24.2 Å². The van der Waals surface area contributed by atoms with Gasteiger partial charge in [-0.05, 0) is 98.0 Å². The lowest BCUT2D eigenvalue weighted by Crippen LogP contribution is -2.45. The summed E-state index contributed by atoms with van der Waals surface area (Å²) in [5.41, 5.74) is 6.05. The number of ether oxygens (including phenoxy) is 2. The molecule has 0 spiro atoms. The number of aliphatic hydroxyl groups is 1. The number of carbonyl (C=O) groups excluding carboxylic acids is 3. The Kier molecular flexibility index (Phi) is 8.05. The standard InChI is InChI=1S/C33H41NO6/c1-5-16-39-32(38)34-19(2)31(37)40-20(3)21-6-8-22(9-7-21)27-18-33(4)28(14-15-29(33)36)26-12-10-23-17-24(35)11-13-25(23)30(26)27/h5-9,17,19-20,26-29,36H,1,10-16,18H2,2-4H3,(H,34,38)/t19-,20?,26?,27+,28?,29?,33?/m0/s1. The fraction of sp³-hybridized carbons (Fsp3) is 0.545. The smallest absolute Gasteiger partial charge is 0.408 e.